The summed E-state index contributed by atoms with van der Waals surface area (Å²) < 4.78 is 45.5. The van der Waals surface area contributed by atoms with E-state index < -0.39 is 10.1 Å². The van der Waals surface area contributed by atoms with Crippen LogP contribution >= 0.6 is 31.9 Å². The maximum absolute atomic E-state index is 11.3. The molecule has 2 aromatic carbocycles. The van der Waals surface area contributed by atoms with Crippen molar-refractivity contribution in [2.75, 3.05) is 23.9 Å². The summed E-state index contributed by atoms with van der Waals surface area (Å²) in [4.78, 5) is -0.249. The molecule has 144 valence electrons. The molecule has 0 aliphatic heterocycles. The molecule has 0 saturated carbocycles. The van der Waals surface area contributed by atoms with E-state index in [0.717, 1.165) is 41.7 Å². The van der Waals surface area contributed by atoms with E-state index in [1.807, 2.05) is 6.07 Å². The molecule has 0 saturated heterocycles. The molecule has 2 rings (SSSR count). The SMILES string of the molecule is O=S(=O)([O-])c1ccc2cc(OCCCCBr)c(OCCCCBr)cc2c1.[Na+]. The summed E-state index contributed by atoms with van der Waals surface area (Å²) in [7, 11) is -4.49. The Morgan fingerprint density at radius 1 is 0.815 bits per heavy atom. The first-order chi connectivity index (χ1) is 12.5. The number of fused-ring (bicyclic) bond motifs is 1. The van der Waals surface area contributed by atoms with Crippen LogP contribution < -0.4 is 39.0 Å². The quantitative estimate of drug-likeness (QED) is 0.191. The Bertz CT molecular complexity index is 830. The molecule has 0 aliphatic rings. The number of unbranched alkanes of at least 4 members (excludes halogenated alkanes) is 2. The van der Waals surface area contributed by atoms with E-state index in [1.165, 1.54) is 12.1 Å². The van der Waals surface area contributed by atoms with Crippen LogP contribution in [-0.2, 0) is 10.1 Å². The van der Waals surface area contributed by atoms with Gasteiger partial charge in [0, 0.05) is 10.7 Å². The fourth-order valence-electron chi connectivity index (χ4n) is 2.37. The minimum Gasteiger partial charge on any atom is -0.744 e. The third kappa shape index (κ3) is 8.20. The van der Waals surface area contributed by atoms with E-state index in [9.17, 15) is 13.0 Å². The van der Waals surface area contributed by atoms with Crippen molar-refractivity contribution in [3.63, 3.8) is 0 Å². The van der Waals surface area contributed by atoms with Crippen molar-refractivity contribution in [2.24, 2.45) is 0 Å². The van der Waals surface area contributed by atoms with Crippen molar-refractivity contribution in [1.82, 2.24) is 0 Å². The summed E-state index contributed by atoms with van der Waals surface area (Å²) in [5.41, 5.74) is 0. The van der Waals surface area contributed by atoms with Crippen LogP contribution in [0.4, 0.5) is 0 Å². The zero-order valence-electron chi connectivity index (χ0n) is 15.2. The summed E-state index contributed by atoms with van der Waals surface area (Å²) in [6.45, 7) is 1.11. The van der Waals surface area contributed by atoms with Crippen LogP contribution in [0, 0.1) is 0 Å². The van der Waals surface area contributed by atoms with Gasteiger partial charge in [-0.25, -0.2) is 8.42 Å². The van der Waals surface area contributed by atoms with Crippen LogP contribution in [-0.4, -0.2) is 36.8 Å². The molecular formula is C18H21Br2NaO5S. The molecule has 0 amide bonds. The Balaban J connectivity index is 0.00000364. The van der Waals surface area contributed by atoms with Crippen molar-refractivity contribution >= 4 is 52.8 Å². The molecule has 0 fully saturated rings. The first kappa shape index (κ1) is 25.2. The maximum Gasteiger partial charge on any atom is 1.00 e. The van der Waals surface area contributed by atoms with Gasteiger partial charge in [-0.15, -0.1) is 0 Å². The summed E-state index contributed by atoms with van der Waals surface area (Å²) in [5, 5.41) is 3.26. The Morgan fingerprint density at radius 2 is 1.33 bits per heavy atom. The van der Waals surface area contributed by atoms with Crippen molar-refractivity contribution in [1.29, 1.82) is 0 Å². The normalized spacial score (nSPS) is 11.2. The minimum atomic E-state index is -4.49. The predicted molar refractivity (Wildman–Crippen MR) is 109 cm³/mol. The number of benzene rings is 2. The number of halogens is 2. The number of rotatable bonds is 11. The summed E-state index contributed by atoms with van der Waals surface area (Å²) in [6.07, 6.45) is 3.81. The number of alkyl halides is 2. The minimum absolute atomic E-state index is 0. The van der Waals surface area contributed by atoms with Crippen molar-refractivity contribution < 1.29 is 52.0 Å². The van der Waals surface area contributed by atoms with Gasteiger partial charge in [0.15, 0.2) is 11.5 Å². The predicted octanol–water partition coefficient (Wildman–Crippen LogP) is 1.86. The van der Waals surface area contributed by atoms with Crippen LogP contribution in [0.15, 0.2) is 35.2 Å². The van der Waals surface area contributed by atoms with Crippen molar-refractivity contribution in [3.05, 3.63) is 30.3 Å². The second kappa shape index (κ2) is 12.7. The van der Waals surface area contributed by atoms with E-state index in [4.69, 9.17) is 9.47 Å². The van der Waals surface area contributed by atoms with Crippen LogP contribution in [0.2, 0.25) is 0 Å². The first-order valence-electron chi connectivity index (χ1n) is 8.37. The molecule has 0 aliphatic carbocycles. The monoisotopic (exact) mass is 530 g/mol. The van der Waals surface area contributed by atoms with Gasteiger partial charge in [-0.1, -0.05) is 37.9 Å². The van der Waals surface area contributed by atoms with E-state index in [1.54, 1.807) is 12.1 Å². The van der Waals surface area contributed by atoms with Gasteiger partial charge in [-0.3, -0.25) is 0 Å². The smallest absolute Gasteiger partial charge is 0.744 e. The van der Waals surface area contributed by atoms with Gasteiger partial charge >= 0.3 is 29.6 Å². The molecule has 0 aromatic heterocycles. The van der Waals surface area contributed by atoms with Crippen molar-refractivity contribution in [2.45, 2.75) is 30.6 Å². The topological polar surface area (TPSA) is 75.7 Å². The van der Waals surface area contributed by atoms with Crippen LogP contribution in [0.3, 0.4) is 0 Å². The second-order valence-corrected chi connectivity index (χ2v) is 8.72. The zero-order valence-corrected chi connectivity index (χ0v) is 21.2. The van der Waals surface area contributed by atoms with Gasteiger partial charge in [-0.2, -0.15) is 0 Å². The van der Waals surface area contributed by atoms with E-state index in [0.29, 0.717) is 30.1 Å². The largest absolute Gasteiger partial charge is 1.00 e. The molecule has 9 heteroatoms. The van der Waals surface area contributed by atoms with Crippen LogP contribution in [0.25, 0.3) is 10.8 Å². The van der Waals surface area contributed by atoms with Gasteiger partial charge in [-0.05, 0) is 60.7 Å². The molecule has 0 spiro atoms. The number of hydrogen-bond acceptors (Lipinski definition) is 5. The second-order valence-electron chi connectivity index (χ2n) is 5.75. The fraction of sp³-hybridized carbons (Fsp3) is 0.444. The summed E-state index contributed by atoms with van der Waals surface area (Å²) in [6, 6.07) is 7.86. The molecule has 0 unspecified atom stereocenters. The zero-order chi connectivity index (χ0) is 19.0. The first-order valence-corrected chi connectivity index (χ1v) is 12.0. The molecule has 0 N–H and O–H groups in total. The average molecular weight is 532 g/mol. The molecular weight excluding hydrogens is 511 g/mol. The molecule has 0 radical (unpaired) electrons. The van der Waals surface area contributed by atoms with E-state index in [-0.39, 0.29) is 34.5 Å². The summed E-state index contributed by atoms with van der Waals surface area (Å²) in [5.74, 6) is 1.19. The third-order valence-electron chi connectivity index (χ3n) is 3.73. The molecule has 2 aromatic rings. The van der Waals surface area contributed by atoms with E-state index >= 15 is 0 Å². The van der Waals surface area contributed by atoms with Crippen LogP contribution in [0.1, 0.15) is 25.7 Å². The Kier molecular flexibility index (Phi) is 11.8. The third-order valence-corrected chi connectivity index (χ3v) is 5.69. The van der Waals surface area contributed by atoms with Gasteiger partial charge in [0.25, 0.3) is 0 Å². The molecule has 0 bridgehead atoms. The molecule has 0 atom stereocenters. The standard InChI is InChI=1S/C18H22Br2O5S.Na/c19-7-1-3-9-24-17-12-14-5-6-16(26(21,22)23)11-15(14)13-18(17)25-10-4-2-8-20;/h5-6,11-13H,1-4,7-10H2,(H,21,22,23);/q;+1/p-1. The van der Waals surface area contributed by atoms with Gasteiger partial charge in [0.05, 0.1) is 18.1 Å². The van der Waals surface area contributed by atoms with Gasteiger partial charge in [0.2, 0.25) is 0 Å². The number of ether oxygens (including phenoxy) is 2. The average Bonchev–Trinajstić information content (AvgIpc) is 2.61. The van der Waals surface area contributed by atoms with Gasteiger partial charge in [0.1, 0.15) is 10.1 Å². The van der Waals surface area contributed by atoms with Crippen LogP contribution in [0.5, 0.6) is 11.5 Å². The van der Waals surface area contributed by atoms with E-state index in [2.05, 4.69) is 31.9 Å². The molecule has 0 heterocycles. The van der Waals surface area contributed by atoms with Gasteiger partial charge < -0.3 is 14.0 Å². The Labute approximate surface area is 199 Å². The maximum atomic E-state index is 11.3. The van der Waals surface area contributed by atoms with Crippen molar-refractivity contribution in [3.8, 4) is 11.5 Å². The Morgan fingerprint density at radius 3 is 1.81 bits per heavy atom. The fourth-order valence-corrected chi connectivity index (χ4v) is 3.67. The molecule has 5 nitrogen and oxygen atoms in total. The Hall–Kier alpha value is 0.170. The molecule has 27 heavy (non-hydrogen) atoms. The number of hydrogen-bond donors (Lipinski definition) is 0. The summed E-state index contributed by atoms with van der Waals surface area (Å²) >= 11 is 6.78.